The Balaban J connectivity index is 2.39. The highest BCUT2D eigenvalue weighted by atomic mass is 16.5. The number of rotatable bonds is 0. The standard InChI is InChI=1S/C15H23NO/c1-14(2,3)11-7-8-12-13(9-11)17-10-16(12)15(4,5)6/h7-9H,10H2,1-6H3. The van der Waals surface area contributed by atoms with E-state index in [1.807, 2.05) is 0 Å². The molecular weight excluding hydrogens is 210 g/mol. The summed E-state index contributed by atoms with van der Waals surface area (Å²) in [6, 6.07) is 6.58. The van der Waals surface area contributed by atoms with E-state index in [4.69, 9.17) is 4.74 Å². The van der Waals surface area contributed by atoms with Gasteiger partial charge in [0.25, 0.3) is 0 Å². The third-order valence-electron chi connectivity index (χ3n) is 3.28. The normalized spacial score (nSPS) is 15.8. The summed E-state index contributed by atoms with van der Waals surface area (Å²) >= 11 is 0. The van der Waals surface area contributed by atoms with Gasteiger partial charge in [-0.15, -0.1) is 0 Å². The van der Waals surface area contributed by atoms with Gasteiger partial charge in [-0.25, -0.2) is 0 Å². The van der Waals surface area contributed by atoms with Crippen LogP contribution in [0.1, 0.15) is 47.1 Å². The zero-order valence-electron chi connectivity index (χ0n) is 11.8. The minimum atomic E-state index is 0.106. The minimum absolute atomic E-state index is 0.106. The Bertz CT molecular complexity index is 424. The molecule has 1 aromatic rings. The van der Waals surface area contributed by atoms with Gasteiger partial charge in [-0.05, 0) is 43.9 Å². The largest absolute Gasteiger partial charge is 0.471 e. The molecule has 0 saturated heterocycles. The molecule has 2 heteroatoms. The maximum Gasteiger partial charge on any atom is 0.162 e. The lowest BCUT2D eigenvalue weighted by atomic mass is 9.87. The minimum Gasteiger partial charge on any atom is -0.471 e. The fourth-order valence-electron chi connectivity index (χ4n) is 2.08. The molecule has 2 rings (SSSR count). The quantitative estimate of drug-likeness (QED) is 0.673. The molecule has 94 valence electrons. The maximum absolute atomic E-state index is 5.80. The van der Waals surface area contributed by atoms with E-state index in [2.05, 4.69) is 64.6 Å². The lowest BCUT2D eigenvalue weighted by Crippen LogP contribution is -2.40. The van der Waals surface area contributed by atoms with Crippen LogP contribution in [0, 0.1) is 0 Å². The molecule has 0 spiro atoms. The molecule has 0 atom stereocenters. The summed E-state index contributed by atoms with van der Waals surface area (Å²) in [4.78, 5) is 2.30. The number of ether oxygens (including phenoxy) is 1. The molecular formula is C15H23NO. The van der Waals surface area contributed by atoms with Crippen LogP contribution >= 0.6 is 0 Å². The van der Waals surface area contributed by atoms with Crippen LogP contribution in [0.3, 0.4) is 0 Å². The van der Waals surface area contributed by atoms with E-state index in [9.17, 15) is 0 Å². The van der Waals surface area contributed by atoms with Crippen LogP contribution in [-0.2, 0) is 5.41 Å². The second kappa shape index (κ2) is 3.66. The van der Waals surface area contributed by atoms with Gasteiger partial charge in [-0.1, -0.05) is 26.8 Å². The number of fused-ring (bicyclic) bond motifs is 1. The number of benzene rings is 1. The van der Waals surface area contributed by atoms with Crippen molar-refractivity contribution in [2.24, 2.45) is 0 Å². The number of hydrogen-bond acceptors (Lipinski definition) is 2. The van der Waals surface area contributed by atoms with Gasteiger partial charge in [0.15, 0.2) is 6.73 Å². The molecule has 0 aliphatic carbocycles. The monoisotopic (exact) mass is 233 g/mol. The van der Waals surface area contributed by atoms with Crippen LogP contribution in [0.2, 0.25) is 0 Å². The van der Waals surface area contributed by atoms with Crippen molar-refractivity contribution < 1.29 is 4.74 Å². The number of anilines is 1. The van der Waals surface area contributed by atoms with Crippen LogP contribution < -0.4 is 9.64 Å². The van der Waals surface area contributed by atoms with Gasteiger partial charge in [-0.3, -0.25) is 0 Å². The highest BCUT2D eigenvalue weighted by Gasteiger charge is 2.30. The summed E-state index contributed by atoms with van der Waals surface area (Å²) in [5, 5.41) is 0. The van der Waals surface area contributed by atoms with E-state index >= 15 is 0 Å². The summed E-state index contributed by atoms with van der Waals surface area (Å²) in [5.74, 6) is 1.02. The van der Waals surface area contributed by atoms with Crippen molar-refractivity contribution in [3.05, 3.63) is 23.8 Å². The first-order chi connectivity index (χ1) is 7.69. The van der Waals surface area contributed by atoms with Crippen molar-refractivity contribution >= 4 is 5.69 Å². The highest BCUT2D eigenvalue weighted by molar-refractivity contribution is 5.64. The Morgan fingerprint density at radius 3 is 2.24 bits per heavy atom. The molecule has 1 aliphatic heterocycles. The maximum atomic E-state index is 5.80. The van der Waals surface area contributed by atoms with Crippen LogP contribution in [0.15, 0.2) is 18.2 Å². The summed E-state index contributed by atoms with van der Waals surface area (Å²) in [6.07, 6.45) is 0. The van der Waals surface area contributed by atoms with Crippen molar-refractivity contribution in [3.8, 4) is 5.75 Å². The molecule has 1 heterocycles. The molecule has 0 bridgehead atoms. The Morgan fingerprint density at radius 1 is 1.06 bits per heavy atom. The zero-order chi connectivity index (χ0) is 12.8. The molecule has 0 radical (unpaired) electrons. The van der Waals surface area contributed by atoms with Gasteiger partial charge in [0.1, 0.15) is 5.75 Å². The lowest BCUT2D eigenvalue weighted by Gasteiger charge is -2.32. The smallest absolute Gasteiger partial charge is 0.162 e. The van der Waals surface area contributed by atoms with Crippen LogP contribution in [0.4, 0.5) is 5.69 Å². The Hall–Kier alpha value is -1.18. The fraction of sp³-hybridized carbons (Fsp3) is 0.600. The Kier molecular flexibility index (Phi) is 2.64. The first kappa shape index (κ1) is 12.3. The number of hydrogen-bond donors (Lipinski definition) is 0. The van der Waals surface area contributed by atoms with Crippen molar-refractivity contribution in [3.63, 3.8) is 0 Å². The first-order valence-electron chi connectivity index (χ1n) is 6.24. The molecule has 0 saturated carbocycles. The molecule has 0 amide bonds. The van der Waals surface area contributed by atoms with Gasteiger partial charge in [0.05, 0.1) is 5.69 Å². The van der Waals surface area contributed by atoms with Gasteiger partial charge in [0, 0.05) is 5.54 Å². The average molecular weight is 233 g/mol. The Labute approximate surface area is 105 Å². The summed E-state index contributed by atoms with van der Waals surface area (Å²) in [7, 11) is 0. The predicted molar refractivity (Wildman–Crippen MR) is 72.9 cm³/mol. The molecule has 1 aliphatic rings. The second-order valence-corrected chi connectivity index (χ2v) is 6.80. The predicted octanol–water partition coefficient (Wildman–Crippen LogP) is 3.94. The summed E-state index contributed by atoms with van der Waals surface area (Å²) in [6.45, 7) is 14.0. The van der Waals surface area contributed by atoms with Gasteiger partial charge in [0.2, 0.25) is 0 Å². The molecule has 0 N–H and O–H groups in total. The van der Waals surface area contributed by atoms with E-state index in [1.54, 1.807) is 0 Å². The van der Waals surface area contributed by atoms with Crippen molar-refractivity contribution in [2.75, 3.05) is 11.6 Å². The fourth-order valence-corrected chi connectivity index (χ4v) is 2.08. The molecule has 17 heavy (non-hydrogen) atoms. The topological polar surface area (TPSA) is 12.5 Å². The van der Waals surface area contributed by atoms with Gasteiger partial charge < -0.3 is 9.64 Å². The van der Waals surface area contributed by atoms with Gasteiger partial charge in [-0.2, -0.15) is 0 Å². The second-order valence-electron chi connectivity index (χ2n) is 6.80. The van der Waals surface area contributed by atoms with E-state index in [0.29, 0.717) is 6.73 Å². The molecule has 0 fully saturated rings. The lowest BCUT2D eigenvalue weighted by molar-refractivity contribution is 0.316. The number of nitrogens with zero attached hydrogens (tertiary/aromatic N) is 1. The molecule has 2 nitrogen and oxygen atoms in total. The van der Waals surface area contributed by atoms with Crippen LogP contribution in [0.5, 0.6) is 5.75 Å². The van der Waals surface area contributed by atoms with Crippen molar-refractivity contribution in [1.29, 1.82) is 0 Å². The third-order valence-corrected chi connectivity index (χ3v) is 3.28. The summed E-state index contributed by atoms with van der Waals surface area (Å²) < 4.78 is 5.80. The molecule has 1 aromatic carbocycles. The first-order valence-corrected chi connectivity index (χ1v) is 6.24. The third kappa shape index (κ3) is 2.26. The van der Waals surface area contributed by atoms with E-state index < -0.39 is 0 Å². The average Bonchev–Trinajstić information content (AvgIpc) is 2.57. The van der Waals surface area contributed by atoms with E-state index in [0.717, 1.165) is 5.75 Å². The zero-order valence-corrected chi connectivity index (χ0v) is 11.8. The van der Waals surface area contributed by atoms with Gasteiger partial charge >= 0.3 is 0 Å². The summed E-state index contributed by atoms with van der Waals surface area (Å²) in [5.41, 5.74) is 2.82. The molecule has 0 unspecified atom stereocenters. The van der Waals surface area contributed by atoms with E-state index in [1.165, 1.54) is 11.3 Å². The Morgan fingerprint density at radius 2 is 1.71 bits per heavy atom. The highest BCUT2D eigenvalue weighted by Crippen LogP contribution is 2.40. The molecule has 0 aromatic heterocycles. The van der Waals surface area contributed by atoms with Crippen molar-refractivity contribution in [1.82, 2.24) is 0 Å². The van der Waals surface area contributed by atoms with Crippen LogP contribution in [0.25, 0.3) is 0 Å². The van der Waals surface area contributed by atoms with Crippen molar-refractivity contribution in [2.45, 2.75) is 52.5 Å². The SMILES string of the molecule is CC(C)(C)c1ccc2c(c1)OCN2C(C)(C)C. The van der Waals surface area contributed by atoms with E-state index in [-0.39, 0.29) is 11.0 Å². The van der Waals surface area contributed by atoms with Crippen LogP contribution in [-0.4, -0.2) is 12.3 Å².